The Morgan fingerprint density at radius 3 is 2.17 bits per heavy atom. The van der Waals surface area contributed by atoms with Crippen molar-refractivity contribution in [1.82, 2.24) is 9.78 Å². The van der Waals surface area contributed by atoms with Gasteiger partial charge in [0.15, 0.2) is 0 Å². The Balaban J connectivity index is 2.79. The average molecular weight is 506 g/mol. The maximum Gasteiger partial charge on any atom is 0.310 e. The van der Waals surface area contributed by atoms with E-state index in [9.17, 15) is 23.3 Å². The summed E-state index contributed by atoms with van der Waals surface area (Å²) in [6.45, 7) is 16.5. The summed E-state index contributed by atoms with van der Waals surface area (Å²) in [6, 6.07) is 2.72. The number of ketones is 1. The molecule has 0 spiro atoms. The van der Waals surface area contributed by atoms with E-state index in [1.165, 1.54) is 16.8 Å². The second-order valence-electron chi connectivity index (χ2n) is 9.89. The third-order valence-electron chi connectivity index (χ3n) is 5.60. The van der Waals surface area contributed by atoms with Crippen LogP contribution in [-0.4, -0.2) is 34.7 Å². The molecule has 2 aromatic rings. The van der Waals surface area contributed by atoms with Gasteiger partial charge in [0.25, 0.3) is 5.69 Å². The smallest absolute Gasteiger partial charge is 0.310 e. The number of hydrogen-bond acceptors (Lipinski definition) is 7. The minimum atomic E-state index is -3.99. The maximum atomic E-state index is 13.8. The lowest BCUT2D eigenvalue weighted by Gasteiger charge is -2.15. The van der Waals surface area contributed by atoms with Crippen molar-refractivity contribution in [2.24, 2.45) is 11.8 Å². The monoisotopic (exact) mass is 505 g/mol. The molecule has 35 heavy (non-hydrogen) atoms. The maximum absolute atomic E-state index is 13.8. The molecule has 0 saturated carbocycles. The second-order valence-corrected chi connectivity index (χ2v) is 11.5. The van der Waals surface area contributed by atoms with Crippen LogP contribution in [0.3, 0.4) is 0 Å². The Kier molecular flexibility index (Phi) is 8.65. The van der Waals surface area contributed by atoms with E-state index in [4.69, 9.17) is 4.18 Å². The summed E-state index contributed by atoms with van der Waals surface area (Å²) in [7, 11) is -3.99. The van der Waals surface area contributed by atoms with Crippen LogP contribution < -0.4 is 4.18 Å². The lowest BCUT2D eigenvalue weighted by molar-refractivity contribution is -0.385. The molecule has 0 radical (unpaired) electrons. The van der Waals surface area contributed by atoms with Gasteiger partial charge in [-0.25, -0.2) is 4.68 Å². The zero-order valence-corrected chi connectivity index (χ0v) is 22.7. The molecule has 1 heterocycles. The third kappa shape index (κ3) is 6.36. The minimum absolute atomic E-state index is 0.0377. The molecule has 0 aliphatic carbocycles. The molecule has 9 nitrogen and oxygen atoms in total. The van der Waals surface area contributed by atoms with E-state index in [1.54, 1.807) is 34.6 Å². The SMILES string of the molecule is CC(C)=C(C)c1c([N+](=O)[O-])ccc(C(=O)c2c(C)nn(CC(C)C)c2OS(=O)(=O)CC(C)C)c1C. The number of allylic oxidation sites excluding steroid dienone is 2. The zero-order chi connectivity index (χ0) is 26.8. The number of aromatic nitrogens is 2. The Morgan fingerprint density at radius 1 is 1.09 bits per heavy atom. The quantitative estimate of drug-likeness (QED) is 0.181. The zero-order valence-electron chi connectivity index (χ0n) is 21.9. The number of nitrogens with zero attached hydrogens (tertiary/aromatic N) is 3. The summed E-state index contributed by atoms with van der Waals surface area (Å²) in [4.78, 5) is 25.1. The molecule has 0 fully saturated rings. The van der Waals surface area contributed by atoms with Crippen molar-refractivity contribution < 1.29 is 22.3 Å². The highest BCUT2D eigenvalue weighted by atomic mass is 32.2. The first-order valence-corrected chi connectivity index (χ1v) is 13.1. The predicted octanol–water partition coefficient (Wildman–Crippen LogP) is 5.47. The van der Waals surface area contributed by atoms with E-state index in [0.29, 0.717) is 28.9 Å². The molecular weight excluding hydrogens is 470 g/mol. The molecule has 1 aromatic heterocycles. The van der Waals surface area contributed by atoms with E-state index in [-0.39, 0.29) is 40.3 Å². The van der Waals surface area contributed by atoms with Crippen LogP contribution in [0.1, 0.15) is 81.2 Å². The summed E-state index contributed by atoms with van der Waals surface area (Å²) < 4.78 is 32.3. The van der Waals surface area contributed by atoms with Crippen LogP contribution >= 0.6 is 0 Å². The number of nitro benzene ring substituents is 1. The predicted molar refractivity (Wildman–Crippen MR) is 136 cm³/mol. The van der Waals surface area contributed by atoms with Gasteiger partial charge in [-0.2, -0.15) is 13.5 Å². The van der Waals surface area contributed by atoms with Gasteiger partial charge >= 0.3 is 10.1 Å². The molecule has 2 rings (SSSR count). The van der Waals surface area contributed by atoms with Crippen molar-refractivity contribution in [1.29, 1.82) is 0 Å². The van der Waals surface area contributed by atoms with Gasteiger partial charge in [-0.05, 0) is 63.7 Å². The molecule has 0 aliphatic rings. The van der Waals surface area contributed by atoms with Gasteiger partial charge in [-0.3, -0.25) is 14.9 Å². The van der Waals surface area contributed by atoms with Crippen LogP contribution in [0, 0.1) is 35.8 Å². The number of carbonyl (C=O) groups excluding carboxylic acids is 1. The molecular formula is C25H35N3O6S. The molecule has 0 bridgehead atoms. The van der Waals surface area contributed by atoms with Crippen LogP contribution in [0.4, 0.5) is 5.69 Å². The molecule has 1 aromatic carbocycles. The van der Waals surface area contributed by atoms with Crippen LogP contribution in [0.25, 0.3) is 5.57 Å². The summed E-state index contributed by atoms with van der Waals surface area (Å²) >= 11 is 0. The highest BCUT2D eigenvalue weighted by molar-refractivity contribution is 7.87. The van der Waals surface area contributed by atoms with Gasteiger partial charge in [0, 0.05) is 18.2 Å². The second kappa shape index (κ2) is 10.7. The first-order valence-electron chi connectivity index (χ1n) is 11.5. The number of aryl methyl sites for hydroxylation is 1. The normalized spacial score (nSPS) is 11.7. The van der Waals surface area contributed by atoms with E-state index < -0.39 is 20.8 Å². The Labute approximate surface area is 207 Å². The summed E-state index contributed by atoms with van der Waals surface area (Å²) in [6.07, 6.45) is 0. The fourth-order valence-electron chi connectivity index (χ4n) is 3.89. The molecule has 10 heteroatoms. The molecule has 0 amide bonds. The van der Waals surface area contributed by atoms with Gasteiger partial charge in [0.2, 0.25) is 11.7 Å². The number of benzene rings is 1. The summed E-state index contributed by atoms with van der Waals surface area (Å²) in [5.41, 5.74) is 2.89. The largest absolute Gasteiger partial charge is 0.361 e. The molecule has 0 unspecified atom stereocenters. The van der Waals surface area contributed by atoms with Crippen molar-refractivity contribution in [3.8, 4) is 5.88 Å². The van der Waals surface area contributed by atoms with Crippen molar-refractivity contribution in [3.05, 3.63) is 55.8 Å². The standard InChI is InChI=1S/C25H35N3O6S/c1-14(2)12-27-25(34-35(32,33)13-15(3)4)23(19(9)26-27)24(29)20-10-11-21(28(30)31)22(18(20)8)17(7)16(5)6/h10-11,14-15H,12-13H2,1-9H3. The van der Waals surface area contributed by atoms with Crippen LogP contribution in [-0.2, 0) is 16.7 Å². The summed E-state index contributed by atoms with van der Waals surface area (Å²) in [5, 5.41) is 16.1. The van der Waals surface area contributed by atoms with Crippen LogP contribution in [0.5, 0.6) is 5.88 Å². The fourth-order valence-corrected chi connectivity index (χ4v) is 5.19. The fraction of sp³-hybridized carbons (Fsp3) is 0.520. The van der Waals surface area contributed by atoms with Crippen molar-refractivity contribution in [2.75, 3.05) is 5.75 Å². The lowest BCUT2D eigenvalue weighted by Crippen LogP contribution is -2.21. The van der Waals surface area contributed by atoms with E-state index >= 15 is 0 Å². The van der Waals surface area contributed by atoms with Gasteiger partial charge in [0.1, 0.15) is 5.56 Å². The molecule has 0 saturated heterocycles. The van der Waals surface area contributed by atoms with Crippen LogP contribution in [0.2, 0.25) is 0 Å². The highest BCUT2D eigenvalue weighted by Gasteiger charge is 2.31. The molecule has 0 atom stereocenters. The Hall–Kier alpha value is -3.01. The number of rotatable bonds is 10. The topological polar surface area (TPSA) is 121 Å². The van der Waals surface area contributed by atoms with E-state index in [2.05, 4.69) is 5.10 Å². The Morgan fingerprint density at radius 2 is 1.69 bits per heavy atom. The molecule has 0 aliphatic heterocycles. The number of carbonyl (C=O) groups is 1. The van der Waals surface area contributed by atoms with Crippen molar-refractivity contribution >= 4 is 27.2 Å². The van der Waals surface area contributed by atoms with Gasteiger partial charge in [-0.1, -0.05) is 33.3 Å². The first kappa shape index (κ1) is 28.2. The van der Waals surface area contributed by atoms with Gasteiger partial charge < -0.3 is 4.18 Å². The summed E-state index contributed by atoms with van der Waals surface area (Å²) in [5.74, 6) is -0.899. The molecule has 0 N–H and O–H groups in total. The number of nitro groups is 1. The van der Waals surface area contributed by atoms with E-state index in [1.807, 2.05) is 27.7 Å². The molecule has 192 valence electrons. The Bertz CT molecular complexity index is 1280. The van der Waals surface area contributed by atoms with Crippen LogP contribution in [0.15, 0.2) is 17.7 Å². The van der Waals surface area contributed by atoms with Crippen molar-refractivity contribution in [2.45, 2.75) is 68.9 Å². The lowest BCUT2D eigenvalue weighted by atomic mass is 9.90. The number of hydrogen-bond donors (Lipinski definition) is 0. The average Bonchev–Trinajstić information content (AvgIpc) is 2.98. The van der Waals surface area contributed by atoms with Gasteiger partial charge in [-0.15, -0.1) is 0 Å². The highest BCUT2D eigenvalue weighted by Crippen LogP contribution is 2.35. The third-order valence-corrected chi connectivity index (χ3v) is 7.09. The minimum Gasteiger partial charge on any atom is -0.361 e. The van der Waals surface area contributed by atoms with Crippen molar-refractivity contribution in [3.63, 3.8) is 0 Å². The van der Waals surface area contributed by atoms with Gasteiger partial charge in [0.05, 0.1) is 21.9 Å². The van der Waals surface area contributed by atoms with E-state index in [0.717, 1.165) is 5.57 Å². The first-order chi connectivity index (χ1) is 16.1.